The Hall–Kier alpha value is 0.805. The summed E-state index contributed by atoms with van der Waals surface area (Å²) in [5.41, 5.74) is 0. The van der Waals surface area contributed by atoms with Crippen LogP contribution in [0.1, 0.15) is 71.1 Å². The fourth-order valence-electron chi connectivity index (χ4n) is 2.41. The summed E-state index contributed by atoms with van der Waals surface area (Å²) in [6.07, 6.45) is 12.3. The Balaban J connectivity index is -0.00000161. The van der Waals surface area contributed by atoms with Crippen LogP contribution in [0.2, 0.25) is 0 Å². The largest absolute Gasteiger partial charge is 0.296 e. The van der Waals surface area contributed by atoms with Crippen molar-refractivity contribution in [3.63, 3.8) is 0 Å². The van der Waals surface area contributed by atoms with E-state index < -0.39 is 10.1 Å². The summed E-state index contributed by atoms with van der Waals surface area (Å²) in [7, 11) is -3.57. The molecule has 7 heteroatoms. The molecule has 1 aromatic carbocycles. The molecule has 3 nitrogen and oxygen atoms in total. The fraction of sp³-hybridized carbons (Fsp3) is 0.667. The molecule has 0 fully saturated rings. The molecule has 0 heterocycles. The van der Waals surface area contributed by atoms with Crippen LogP contribution in [0.15, 0.2) is 35.2 Å². The number of unbranched alkanes of at least 4 members (excludes halogenated alkanes) is 9. The molecule has 0 atom stereocenters. The summed E-state index contributed by atoms with van der Waals surface area (Å²) < 4.78 is 28.8. The maximum Gasteiger partial charge on any atom is 0.296 e. The average Bonchev–Trinajstić information content (AvgIpc) is 2.53. The van der Waals surface area contributed by atoms with Crippen molar-refractivity contribution in [2.24, 2.45) is 0 Å². The summed E-state index contributed by atoms with van der Waals surface area (Å²) in [4.78, 5) is 0.238. The van der Waals surface area contributed by atoms with Gasteiger partial charge in [0.05, 0.1) is 11.5 Å². The van der Waals surface area contributed by atoms with Gasteiger partial charge in [-0.15, -0.1) is 0 Å². The van der Waals surface area contributed by atoms with E-state index in [2.05, 4.69) is 6.92 Å². The van der Waals surface area contributed by atoms with Crippen LogP contribution in [0.5, 0.6) is 0 Å². The van der Waals surface area contributed by atoms with Crippen molar-refractivity contribution in [3.05, 3.63) is 30.3 Å². The molecule has 141 valence electrons. The van der Waals surface area contributed by atoms with Gasteiger partial charge in [0, 0.05) is 36.5 Å². The van der Waals surface area contributed by atoms with Crippen LogP contribution < -0.4 is 0 Å². The smallest absolute Gasteiger partial charge is 0.266 e. The van der Waals surface area contributed by atoms with Gasteiger partial charge in [-0.25, -0.2) is 0 Å². The van der Waals surface area contributed by atoms with Crippen molar-refractivity contribution < 1.29 is 49.1 Å². The summed E-state index contributed by atoms with van der Waals surface area (Å²) in [6.45, 7) is 2.52. The molecule has 0 saturated carbocycles. The zero-order valence-corrected chi connectivity index (χ0v) is 19.8. The molecule has 0 unspecified atom stereocenters. The Morgan fingerprint density at radius 2 is 1.24 bits per heavy atom. The van der Waals surface area contributed by atoms with Gasteiger partial charge >= 0.3 is 0 Å². The third kappa shape index (κ3) is 15.5. The van der Waals surface area contributed by atoms with Gasteiger partial charge in [-0.2, -0.15) is 8.42 Å². The SMILES string of the molecule is CCCCCCCCCCCCOS(=O)(=O)c1ccccc1.[AlH3].[Mn].[Zn]. The van der Waals surface area contributed by atoms with Gasteiger partial charge in [-0.05, 0) is 18.6 Å². The molecule has 0 spiro atoms. The summed E-state index contributed by atoms with van der Waals surface area (Å²) in [5.74, 6) is 0. The van der Waals surface area contributed by atoms with Crippen LogP contribution in [0, 0.1) is 0 Å². The van der Waals surface area contributed by atoms with Crippen molar-refractivity contribution in [2.45, 2.75) is 76.0 Å². The Morgan fingerprint density at radius 3 is 1.72 bits per heavy atom. The minimum atomic E-state index is -3.57. The first-order chi connectivity index (χ1) is 10.7. The van der Waals surface area contributed by atoms with Crippen molar-refractivity contribution >= 4 is 27.5 Å². The molecule has 1 rings (SSSR count). The van der Waals surface area contributed by atoms with Crippen LogP contribution in [0.3, 0.4) is 0 Å². The number of hydrogen-bond donors (Lipinski definition) is 0. The van der Waals surface area contributed by atoms with E-state index in [1.54, 1.807) is 30.3 Å². The molecule has 0 bridgehead atoms. The standard InChI is InChI=1S/C18H30O3S.Al.Mn.Zn.3H/c1-2-3-4-5-6-7-8-9-10-14-17-21-22(19,20)18-15-12-11-13-16-18;;;;;;/h11-13,15-16H,2-10,14,17H2,1H3;;;;;;. The van der Waals surface area contributed by atoms with Gasteiger partial charge < -0.3 is 0 Å². The van der Waals surface area contributed by atoms with Crippen LogP contribution >= 0.6 is 0 Å². The first-order valence-corrected chi connectivity index (χ1v) is 10.0. The van der Waals surface area contributed by atoms with Crippen molar-refractivity contribution in [1.82, 2.24) is 0 Å². The van der Waals surface area contributed by atoms with Crippen LogP contribution in [0.4, 0.5) is 0 Å². The van der Waals surface area contributed by atoms with Gasteiger partial charge in [-0.3, -0.25) is 4.18 Å². The van der Waals surface area contributed by atoms with E-state index in [-0.39, 0.29) is 65.4 Å². The molecule has 0 aliphatic rings. The topological polar surface area (TPSA) is 43.4 Å². The predicted octanol–water partition coefficient (Wildman–Crippen LogP) is 4.12. The maximum atomic E-state index is 11.9. The number of hydrogen-bond acceptors (Lipinski definition) is 3. The quantitative estimate of drug-likeness (QED) is 0.244. The van der Waals surface area contributed by atoms with Gasteiger partial charge in [0.2, 0.25) is 0 Å². The fourth-order valence-corrected chi connectivity index (χ4v) is 3.38. The molecule has 25 heavy (non-hydrogen) atoms. The molecule has 0 N–H and O–H groups in total. The second kappa shape index (κ2) is 19.6. The van der Waals surface area contributed by atoms with Crippen LogP contribution in [-0.2, 0) is 50.8 Å². The van der Waals surface area contributed by atoms with E-state index in [9.17, 15) is 8.42 Å². The maximum absolute atomic E-state index is 11.9. The minimum absolute atomic E-state index is 0. The van der Waals surface area contributed by atoms with E-state index in [1.165, 1.54) is 51.4 Å². The molecular weight excluding hydrogens is 444 g/mol. The molecule has 0 saturated heterocycles. The van der Waals surface area contributed by atoms with Crippen LogP contribution in [-0.4, -0.2) is 32.4 Å². The Kier molecular flexibility index (Phi) is 23.9. The second-order valence-corrected chi connectivity index (χ2v) is 7.39. The van der Waals surface area contributed by atoms with Gasteiger partial charge in [0.15, 0.2) is 17.4 Å². The Morgan fingerprint density at radius 1 is 0.800 bits per heavy atom. The molecule has 0 aliphatic heterocycles. The Bertz CT molecular complexity index is 486. The molecule has 0 aromatic heterocycles. The number of benzene rings is 1. The molecular formula is C18H33AlMnO3SZn. The third-order valence-electron chi connectivity index (χ3n) is 3.77. The zero-order chi connectivity index (χ0) is 16.1. The first-order valence-electron chi connectivity index (χ1n) is 8.61. The predicted molar refractivity (Wildman–Crippen MR) is 101 cm³/mol. The first kappa shape index (κ1) is 30.5. The third-order valence-corrected chi connectivity index (χ3v) is 5.09. The second-order valence-electron chi connectivity index (χ2n) is 5.77. The average molecular weight is 477 g/mol. The van der Waals surface area contributed by atoms with Gasteiger partial charge in [0.1, 0.15) is 0 Å². The summed E-state index contributed by atoms with van der Waals surface area (Å²) in [6, 6.07) is 8.33. The van der Waals surface area contributed by atoms with Crippen LogP contribution in [0.25, 0.3) is 0 Å². The normalized spacial score (nSPS) is 10.3. The van der Waals surface area contributed by atoms with E-state index in [1.807, 2.05) is 0 Å². The monoisotopic (exact) mass is 475 g/mol. The van der Waals surface area contributed by atoms with E-state index in [0.29, 0.717) is 0 Å². The Labute approximate surface area is 188 Å². The summed E-state index contributed by atoms with van der Waals surface area (Å²) in [5, 5.41) is 0. The molecule has 0 amide bonds. The van der Waals surface area contributed by atoms with E-state index >= 15 is 0 Å². The number of rotatable bonds is 13. The van der Waals surface area contributed by atoms with E-state index in [4.69, 9.17) is 4.18 Å². The van der Waals surface area contributed by atoms with Gasteiger partial charge in [-0.1, -0.05) is 82.9 Å². The molecule has 0 aliphatic carbocycles. The van der Waals surface area contributed by atoms with Gasteiger partial charge in [0.25, 0.3) is 10.1 Å². The minimum Gasteiger partial charge on any atom is -0.266 e. The van der Waals surface area contributed by atoms with Crippen molar-refractivity contribution in [3.8, 4) is 0 Å². The zero-order valence-electron chi connectivity index (χ0n) is 14.9. The van der Waals surface area contributed by atoms with Crippen molar-refractivity contribution in [2.75, 3.05) is 6.61 Å². The summed E-state index contributed by atoms with van der Waals surface area (Å²) >= 11 is 0. The van der Waals surface area contributed by atoms with E-state index in [0.717, 1.165) is 12.8 Å². The molecule has 1 aromatic rings. The van der Waals surface area contributed by atoms with Crippen molar-refractivity contribution in [1.29, 1.82) is 0 Å². The molecule has 1 radical (unpaired) electrons.